The second-order valence-corrected chi connectivity index (χ2v) is 14.6. The van der Waals surface area contributed by atoms with Crippen molar-refractivity contribution in [3.8, 4) is 17.0 Å². The van der Waals surface area contributed by atoms with Gasteiger partial charge in [-0.25, -0.2) is 13.4 Å². The number of aromatic nitrogens is 1. The van der Waals surface area contributed by atoms with E-state index in [1.54, 1.807) is 31.4 Å². The first-order chi connectivity index (χ1) is 19.5. The molecule has 1 aliphatic heterocycles. The van der Waals surface area contributed by atoms with Crippen LogP contribution in [0.5, 0.6) is 5.75 Å². The number of ether oxygens (including phenoxy) is 2. The van der Waals surface area contributed by atoms with E-state index in [1.807, 2.05) is 34.6 Å². The van der Waals surface area contributed by atoms with Crippen LogP contribution in [0.25, 0.3) is 16.0 Å². The number of carbonyl (C=O) groups is 3. The molecule has 0 radical (unpaired) electrons. The van der Waals surface area contributed by atoms with Crippen molar-refractivity contribution in [1.29, 1.82) is 0 Å². The zero-order valence-corrected chi connectivity index (χ0v) is 29.9. The zero-order valence-electron chi connectivity index (χ0n) is 26.0. The summed E-state index contributed by atoms with van der Waals surface area (Å²) in [6, 6.07) is 8.27. The number of hydrogen-bond donors (Lipinski definition) is 0. The van der Waals surface area contributed by atoms with Crippen molar-refractivity contribution in [2.75, 3.05) is 13.4 Å². The summed E-state index contributed by atoms with van der Waals surface area (Å²) in [5.41, 5.74) is 2.71. The third kappa shape index (κ3) is 6.77. The number of allylic oxidation sites excluding steroid dienone is 4. The molecule has 0 saturated carbocycles. The molecule has 43 heavy (non-hydrogen) atoms. The number of nitrogens with zero attached hydrogens (tertiary/aromatic N) is 2. The average Bonchev–Trinajstić information content (AvgIpc) is 2.84. The number of carbonyl (C=O) groups excluding carboxylic acids is 3. The molecule has 11 heteroatoms. The molecule has 2 heterocycles. The Kier molecular flexibility index (Phi) is 9.40. The third-order valence-corrected chi connectivity index (χ3v) is 8.56. The Labute approximate surface area is 295 Å². The molecule has 9 nitrogen and oxygen atoms in total. The van der Waals surface area contributed by atoms with Crippen molar-refractivity contribution < 1.29 is 83.7 Å². The van der Waals surface area contributed by atoms with E-state index in [-0.39, 0.29) is 79.5 Å². The monoisotopic (exact) mass is 630 g/mol. The van der Waals surface area contributed by atoms with Gasteiger partial charge in [-0.05, 0) is 47.6 Å². The Balaban J connectivity index is 0.00000423. The van der Waals surface area contributed by atoms with E-state index in [1.165, 1.54) is 6.07 Å². The van der Waals surface area contributed by atoms with Gasteiger partial charge in [0.05, 0.1) is 34.4 Å². The van der Waals surface area contributed by atoms with Crippen molar-refractivity contribution in [3.63, 3.8) is 0 Å². The number of hydrogen-bond acceptors (Lipinski definition) is 8. The fraction of sp³-hybridized carbons (Fsp3) is 0.438. The first-order valence-corrected chi connectivity index (χ1v) is 15.7. The van der Waals surface area contributed by atoms with Crippen LogP contribution in [0.3, 0.4) is 0 Å². The number of methoxy groups -OCH3 is 1. The quantitative estimate of drug-likeness (QED) is 0.461. The fourth-order valence-corrected chi connectivity index (χ4v) is 6.78. The van der Waals surface area contributed by atoms with Gasteiger partial charge in [-0.3, -0.25) is 9.59 Å². The van der Waals surface area contributed by atoms with Crippen molar-refractivity contribution >= 4 is 27.5 Å². The summed E-state index contributed by atoms with van der Waals surface area (Å²) in [4.78, 5) is 44.6. The molecule has 2 aliphatic carbocycles. The minimum atomic E-state index is -3.90. The molecular formula is C32H35KN2O7S. The van der Waals surface area contributed by atoms with E-state index in [2.05, 4.69) is 9.71 Å². The predicted molar refractivity (Wildman–Crippen MR) is 157 cm³/mol. The summed E-state index contributed by atoms with van der Waals surface area (Å²) < 4.78 is 38.7. The van der Waals surface area contributed by atoms with Gasteiger partial charge in [0.1, 0.15) is 23.2 Å². The number of ketones is 2. The molecule has 0 unspecified atom stereocenters. The van der Waals surface area contributed by atoms with Gasteiger partial charge < -0.3 is 19.0 Å². The topological polar surface area (TPSA) is 131 Å². The number of benzene rings is 1. The molecule has 1 amide bonds. The molecule has 5 rings (SSSR count). The standard InChI is InChI=1S/C32H36N2O7S.K/c1-17-18(19-9-8-10-20(33-19)30(37)34-42(7,38)39)11-12-23(40-6)26(17)29-27-21(35)13-31(2,3)15-24(27)41-25-16-32(4,5)14-22(36)28(25)29;/h8-12,29H,13-16H2,1-7H3,(H,34,37);/q;+1/p-1. The van der Waals surface area contributed by atoms with Crippen LogP contribution >= 0.6 is 0 Å². The van der Waals surface area contributed by atoms with Crippen LogP contribution in [-0.2, 0) is 24.3 Å². The Bertz CT molecular complexity index is 1670. The minimum absolute atomic E-state index is 0. The number of rotatable bonds is 5. The molecule has 0 saturated heterocycles. The molecule has 0 bridgehead atoms. The minimum Gasteiger partial charge on any atom is -0.541 e. The van der Waals surface area contributed by atoms with Crippen molar-refractivity contribution in [1.82, 2.24) is 4.98 Å². The third-order valence-electron chi connectivity index (χ3n) is 8.06. The largest absolute Gasteiger partial charge is 1.00 e. The van der Waals surface area contributed by atoms with Gasteiger partial charge in [-0.2, -0.15) is 0 Å². The SMILES string of the molecule is COc1ccc(-c2cccc(C(=O)[N-]S(C)(=O)=O)n2)c(C)c1C1C2=C(CC(C)(C)CC2=O)OC2=C1C(=O)CC(C)(C)C2.[K+]. The van der Waals surface area contributed by atoms with Crippen LogP contribution in [0.2, 0.25) is 0 Å². The van der Waals surface area contributed by atoms with Crippen LogP contribution in [0.4, 0.5) is 0 Å². The van der Waals surface area contributed by atoms with Crippen LogP contribution in [0, 0.1) is 17.8 Å². The van der Waals surface area contributed by atoms with Gasteiger partial charge in [0.15, 0.2) is 11.6 Å². The Morgan fingerprint density at radius 2 is 1.51 bits per heavy atom. The van der Waals surface area contributed by atoms with Gasteiger partial charge in [-0.15, -0.1) is 0 Å². The van der Waals surface area contributed by atoms with Crippen LogP contribution in [0.1, 0.15) is 80.9 Å². The zero-order chi connectivity index (χ0) is 30.8. The first-order valence-electron chi connectivity index (χ1n) is 13.8. The average molecular weight is 631 g/mol. The van der Waals surface area contributed by atoms with E-state index >= 15 is 0 Å². The summed E-state index contributed by atoms with van der Waals surface area (Å²) >= 11 is 0. The molecule has 0 spiro atoms. The van der Waals surface area contributed by atoms with Crippen molar-refractivity contribution in [3.05, 3.63) is 74.5 Å². The predicted octanol–water partition coefficient (Wildman–Crippen LogP) is 2.94. The molecular weight excluding hydrogens is 596 g/mol. The second-order valence-electron chi connectivity index (χ2n) is 13.0. The molecule has 1 aromatic carbocycles. The maximum atomic E-state index is 13.8. The molecule has 222 valence electrons. The van der Waals surface area contributed by atoms with Gasteiger partial charge in [0, 0.05) is 54.2 Å². The van der Waals surface area contributed by atoms with Gasteiger partial charge >= 0.3 is 51.4 Å². The molecule has 1 aromatic heterocycles. The summed E-state index contributed by atoms with van der Waals surface area (Å²) in [6.45, 7) is 10.0. The fourth-order valence-electron chi connectivity index (χ4n) is 6.38. The Morgan fingerprint density at radius 3 is 2.02 bits per heavy atom. The van der Waals surface area contributed by atoms with Crippen molar-refractivity contribution in [2.24, 2.45) is 10.8 Å². The van der Waals surface area contributed by atoms with Crippen LogP contribution in [-0.4, -0.2) is 44.2 Å². The van der Waals surface area contributed by atoms with E-state index in [0.29, 0.717) is 76.5 Å². The molecule has 3 aliphatic rings. The maximum Gasteiger partial charge on any atom is 1.00 e. The number of amides is 1. The normalized spacial score (nSPS) is 19.6. The number of pyridine rings is 1. The summed E-state index contributed by atoms with van der Waals surface area (Å²) in [6.07, 6.45) is 2.62. The van der Waals surface area contributed by atoms with Crippen LogP contribution in [0.15, 0.2) is 53.0 Å². The summed E-state index contributed by atoms with van der Waals surface area (Å²) in [5, 5.41) is 0. The second kappa shape index (κ2) is 12.0. The molecule has 2 aromatic rings. The van der Waals surface area contributed by atoms with Gasteiger partial charge in [0.2, 0.25) is 0 Å². The van der Waals surface area contributed by atoms with E-state index in [9.17, 15) is 22.8 Å². The number of Topliss-reactive ketones (excluding diaryl/α,β-unsaturated/α-hetero) is 2. The maximum absolute atomic E-state index is 13.8. The van der Waals surface area contributed by atoms with Crippen molar-refractivity contribution in [2.45, 2.75) is 66.2 Å². The Hall–Kier alpha value is -2.15. The van der Waals surface area contributed by atoms with E-state index in [0.717, 1.165) is 6.26 Å². The van der Waals surface area contributed by atoms with E-state index in [4.69, 9.17) is 9.47 Å². The van der Waals surface area contributed by atoms with E-state index < -0.39 is 21.8 Å². The smallest absolute Gasteiger partial charge is 0.541 e. The molecule has 0 N–H and O–H groups in total. The van der Waals surface area contributed by atoms with Gasteiger partial charge in [-0.1, -0.05) is 33.8 Å². The molecule has 0 fully saturated rings. The van der Waals surface area contributed by atoms with Crippen LogP contribution < -0.4 is 56.1 Å². The summed E-state index contributed by atoms with van der Waals surface area (Å²) in [7, 11) is -2.36. The van der Waals surface area contributed by atoms with Gasteiger partial charge in [0.25, 0.3) is 0 Å². The first kappa shape index (κ1) is 33.7. The summed E-state index contributed by atoms with van der Waals surface area (Å²) in [5.74, 6) is -0.0559. The molecule has 0 atom stereocenters. The number of sulfonamides is 1. The Morgan fingerprint density at radius 1 is 0.953 bits per heavy atom.